The Morgan fingerprint density at radius 1 is 1.47 bits per heavy atom. The maximum atomic E-state index is 11.3. The van der Waals surface area contributed by atoms with Crippen LogP contribution < -0.4 is 11.1 Å². The number of carbonyl (C=O) groups is 2. The summed E-state index contributed by atoms with van der Waals surface area (Å²) < 4.78 is 0. The number of hydrogen-bond donors (Lipinski definition) is 3. The number of rotatable bonds is 6. The van der Waals surface area contributed by atoms with Crippen molar-refractivity contribution >= 4 is 11.9 Å². The Morgan fingerprint density at radius 2 is 2.07 bits per heavy atom. The van der Waals surface area contributed by atoms with Crippen molar-refractivity contribution < 1.29 is 14.7 Å². The van der Waals surface area contributed by atoms with E-state index in [4.69, 9.17) is 10.8 Å². The van der Waals surface area contributed by atoms with Gasteiger partial charge in [0.15, 0.2) is 0 Å². The first-order valence-corrected chi connectivity index (χ1v) is 4.92. The van der Waals surface area contributed by atoms with E-state index in [0.29, 0.717) is 6.42 Å². The highest BCUT2D eigenvalue weighted by Gasteiger charge is 2.18. The molecule has 1 amide bonds. The maximum Gasteiger partial charge on any atom is 0.325 e. The van der Waals surface area contributed by atoms with Crippen LogP contribution in [0.4, 0.5) is 0 Å². The minimum absolute atomic E-state index is 0.423. The summed E-state index contributed by atoms with van der Waals surface area (Å²) in [5, 5.41) is 10.9. The second kappa shape index (κ2) is 7.00. The van der Waals surface area contributed by atoms with Crippen LogP contribution in [-0.4, -0.2) is 29.1 Å². The Morgan fingerprint density at radius 3 is 2.53 bits per heavy atom. The van der Waals surface area contributed by atoms with E-state index in [1.54, 1.807) is 0 Å². The minimum Gasteiger partial charge on any atom is -0.480 e. The summed E-state index contributed by atoms with van der Waals surface area (Å²) in [5.41, 5.74) is 5.55. The summed E-state index contributed by atoms with van der Waals surface area (Å²) in [7, 11) is 0. The molecule has 0 rings (SSSR count). The fourth-order valence-electron chi connectivity index (χ4n) is 0.899. The molecule has 0 fully saturated rings. The quantitative estimate of drug-likeness (QED) is 0.553. The summed E-state index contributed by atoms with van der Waals surface area (Å²) in [4.78, 5) is 21.8. The number of aliphatic carboxylic acids is 1. The van der Waals surface area contributed by atoms with Crippen LogP contribution in [0.25, 0.3) is 0 Å². The molecular weight excluding hydrogens is 196 g/mol. The molecule has 0 aromatic rings. The summed E-state index contributed by atoms with van der Waals surface area (Å²) >= 11 is 0. The Bertz CT molecular complexity index is 251. The average molecular weight is 214 g/mol. The molecule has 86 valence electrons. The Kier molecular flexibility index (Phi) is 6.37. The van der Waals surface area contributed by atoms with E-state index in [0.717, 1.165) is 6.42 Å². The van der Waals surface area contributed by atoms with E-state index < -0.39 is 24.0 Å². The van der Waals surface area contributed by atoms with E-state index in [1.807, 2.05) is 19.1 Å². The largest absolute Gasteiger partial charge is 0.480 e. The molecule has 0 aliphatic heterocycles. The summed E-state index contributed by atoms with van der Waals surface area (Å²) in [5.74, 6) is -1.51. The lowest BCUT2D eigenvalue weighted by Crippen LogP contribution is -2.46. The number of amides is 1. The molecule has 15 heavy (non-hydrogen) atoms. The molecule has 0 aliphatic carbocycles. The highest BCUT2D eigenvalue weighted by molar-refractivity contribution is 5.86. The molecule has 0 saturated heterocycles. The summed E-state index contributed by atoms with van der Waals surface area (Å²) in [6.07, 6.45) is 5.04. The molecule has 0 aromatic heterocycles. The van der Waals surface area contributed by atoms with Crippen molar-refractivity contribution in [3.63, 3.8) is 0 Å². The van der Waals surface area contributed by atoms with Gasteiger partial charge in [-0.25, -0.2) is 0 Å². The van der Waals surface area contributed by atoms with Crippen molar-refractivity contribution in [3.05, 3.63) is 12.2 Å². The average Bonchev–Trinajstić information content (AvgIpc) is 2.17. The van der Waals surface area contributed by atoms with Gasteiger partial charge in [0.25, 0.3) is 0 Å². The smallest absolute Gasteiger partial charge is 0.325 e. The zero-order chi connectivity index (χ0) is 11.8. The molecule has 0 unspecified atom stereocenters. The van der Waals surface area contributed by atoms with Crippen molar-refractivity contribution in [2.45, 2.75) is 38.8 Å². The van der Waals surface area contributed by atoms with Crippen LogP contribution in [0.3, 0.4) is 0 Å². The lowest BCUT2D eigenvalue weighted by atomic mass is 10.2. The van der Waals surface area contributed by atoms with Crippen LogP contribution in [-0.2, 0) is 9.59 Å². The first-order valence-electron chi connectivity index (χ1n) is 4.92. The Labute approximate surface area is 89.3 Å². The molecule has 2 atom stereocenters. The lowest BCUT2D eigenvalue weighted by Gasteiger charge is -2.13. The number of carbonyl (C=O) groups excluding carboxylic acids is 1. The van der Waals surface area contributed by atoms with Gasteiger partial charge in [-0.3, -0.25) is 9.59 Å². The van der Waals surface area contributed by atoms with Crippen LogP contribution in [0, 0.1) is 0 Å². The van der Waals surface area contributed by atoms with E-state index in [9.17, 15) is 9.59 Å². The Balaban J connectivity index is 3.99. The van der Waals surface area contributed by atoms with Gasteiger partial charge >= 0.3 is 5.97 Å². The molecule has 0 spiro atoms. The van der Waals surface area contributed by atoms with Crippen LogP contribution in [0.1, 0.15) is 26.7 Å². The molecule has 0 aromatic carbocycles. The predicted octanol–water partition coefficient (Wildman–Crippen LogP) is 0.259. The van der Waals surface area contributed by atoms with Crippen LogP contribution in [0.2, 0.25) is 0 Å². The molecule has 0 radical (unpaired) electrons. The Hall–Kier alpha value is -1.36. The lowest BCUT2D eigenvalue weighted by molar-refractivity contribution is -0.141. The molecule has 0 heterocycles. The number of nitrogens with two attached hydrogens (primary N) is 1. The SMILES string of the molecule is CC/C=C/C[C@H](N)C(=O)N[C@H](C)C(=O)O. The fraction of sp³-hybridized carbons (Fsp3) is 0.600. The second-order valence-electron chi connectivity index (χ2n) is 3.29. The van der Waals surface area contributed by atoms with E-state index >= 15 is 0 Å². The van der Waals surface area contributed by atoms with Gasteiger partial charge in [0, 0.05) is 0 Å². The van der Waals surface area contributed by atoms with Gasteiger partial charge in [-0.15, -0.1) is 0 Å². The molecule has 4 N–H and O–H groups in total. The third kappa shape index (κ3) is 5.85. The normalized spacial score (nSPS) is 14.9. The maximum absolute atomic E-state index is 11.3. The molecular formula is C10H18N2O3. The summed E-state index contributed by atoms with van der Waals surface area (Å²) in [6.45, 7) is 3.38. The van der Waals surface area contributed by atoms with Crippen molar-refractivity contribution in [1.29, 1.82) is 0 Å². The topological polar surface area (TPSA) is 92.4 Å². The monoisotopic (exact) mass is 214 g/mol. The molecule has 5 nitrogen and oxygen atoms in total. The van der Waals surface area contributed by atoms with Crippen molar-refractivity contribution in [2.75, 3.05) is 0 Å². The number of allylic oxidation sites excluding steroid dienone is 1. The van der Waals surface area contributed by atoms with E-state index in [-0.39, 0.29) is 0 Å². The number of nitrogens with one attached hydrogen (secondary N) is 1. The predicted molar refractivity (Wildman–Crippen MR) is 57.3 cm³/mol. The standard InChI is InChI=1S/C10H18N2O3/c1-3-4-5-6-8(11)9(13)12-7(2)10(14)15/h4-5,7-8H,3,6,11H2,1-2H3,(H,12,13)(H,14,15)/b5-4+/t7-,8+/m1/s1. The van der Waals surface area contributed by atoms with Gasteiger partial charge in [-0.2, -0.15) is 0 Å². The molecule has 0 aliphatic rings. The van der Waals surface area contributed by atoms with Crippen LogP contribution in [0.15, 0.2) is 12.2 Å². The first kappa shape index (κ1) is 13.6. The van der Waals surface area contributed by atoms with E-state index in [1.165, 1.54) is 6.92 Å². The number of carboxylic acids is 1. The minimum atomic E-state index is -1.07. The number of hydrogen-bond acceptors (Lipinski definition) is 3. The third-order valence-electron chi connectivity index (χ3n) is 1.86. The van der Waals surface area contributed by atoms with Crippen LogP contribution >= 0.6 is 0 Å². The summed E-state index contributed by atoms with van der Waals surface area (Å²) in [6, 6.07) is -1.59. The van der Waals surface area contributed by atoms with Gasteiger partial charge in [0.05, 0.1) is 6.04 Å². The van der Waals surface area contributed by atoms with Gasteiger partial charge in [-0.05, 0) is 19.8 Å². The second-order valence-corrected chi connectivity index (χ2v) is 3.29. The highest BCUT2D eigenvalue weighted by atomic mass is 16.4. The van der Waals surface area contributed by atoms with Crippen molar-refractivity contribution in [2.24, 2.45) is 5.73 Å². The van der Waals surface area contributed by atoms with Gasteiger partial charge < -0.3 is 16.2 Å². The highest BCUT2D eigenvalue weighted by Crippen LogP contribution is 1.93. The molecule has 5 heteroatoms. The molecule has 0 bridgehead atoms. The fourth-order valence-corrected chi connectivity index (χ4v) is 0.899. The number of carboxylic acid groups (broad SMARTS) is 1. The zero-order valence-electron chi connectivity index (χ0n) is 9.06. The van der Waals surface area contributed by atoms with Crippen molar-refractivity contribution in [3.8, 4) is 0 Å². The van der Waals surface area contributed by atoms with E-state index in [2.05, 4.69) is 5.32 Å². The van der Waals surface area contributed by atoms with Crippen LogP contribution in [0.5, 0.6) is 0 Å². The third-order valence-corrected chi connectivity index (χ3v) is 1.86. The molecule has 0 saturated carbocycles. The van der Waals surface area contributed by atoms with Gasteiger partial charge in [0.1, 0.15) is 6.04 Å². The zero-order valence-corrected chi connectivity index (χ0v) is 9.06. The van der Waals surface area contributed by atoms with Gasteiger partial charge in [-0.1, -0.05) is 19.1 Å². The van der Waals surface area contributed by atoms with Gasteiger partial charge in [0.2, 0.25) is 5.91 Å². The van der Waals surface area contributed by atoms with Crippen molar-refractivity contribution in [1.82, 2.24) is 5.32 Å². The first-order chi connectivity index (χ1) is 6.99.